The lowest BCUT2D eigenvalue weighted by atomic mass is 9.91. The van der Waals surface area contributed by atoms with Crippen LogP contribution in [0, 0.1) is 5.82 Å². The van der Waals surface area contributed by atoms with Crippen LogP contribution in [-0.4, -0.2) is 43.2 Å². The van der Waals surface area contributed by atoms with Crippen LogP contribution in [0.4, 0.5) is 4.39 Å². The second-order valence-electron chi connectivity index (χ2n) is 4.78. The van der Waals surface area contributed by atoms with Gasteiger partial charge in [-0.05, 0) is 39.2 Å². The molecule has 0 heterocycles. The lowest BCUT2D eigenvalue weighted by molar-refractivity contribution is -0.144. The first-order chi connectivity index (χ1) is 8.77. The number of carbonyl (C=O) groups is 1. The van der Waals surface area contributed by atoms with E-state index in [0.717, 1.165) is 0 Å². The third-order valence-corrected chi connectivity index (χ3v) is 3.43. The summed E-state index contributed by atoms with van der Waals surface area (Å²) in [5.41, 5.74) is -1.34. The van der Waals surface area contributed by atoms with Gasteiger partial charge in [-0.15, -0.1) is 0 Å². The van der Waals surface area contributed by atoms with E-state index in [2.05, 4.69) is 21.2 Å². The van der Waals surface area contributed by atoms with Crippen LogP contribution in [-0.2, 0) is 10.3 Å². The van der Waals surface area contributed by atoms with Crippen molar-refractivity contribution in [1.82, 2.24) is 10.2 Å². The summed E-state index contributed by atoms with van der Waals surface area (Å²) in [5, 5.41) is 12.3. The molecule has 6 heteroatoms. The molecule has 0 fully saturated rings. The number of likely N-dealkylation sites (N-methyl/N-ethyl adjacent to an activating group) is 1. The standard InChI is InChI=1S/C13H18BrFN2O2/c1-13(12(18)19,16-6-7-17(2)3)10-8-9(14)4-5-11(10)15/h4-5,8,16H,6-7H2,1-3H3,(H,18,19). The molecule has 0 spiro atoms. The fraction of sp³-hybridized carbons (Fsp3) is 0.462. The van der Waals surface area contributed by atoms with Crippen molar-refractivity contribution in [2.45, 2.75) is 12.5 Å². The van der Waals surface area contributed by atoms with Crippen LogP contribution < -0.4 is 5.32 Å². The summed E-state index contributed by atoms with van der Waals surface area (Å²) in [5.74, 6) is -1.64. The Labute approximate surface area is 120 Å². The predicted octanol–water partition coefficient (Wildman–Crippen LogP) is 2.04. The molecule has 1 rings (SSSR count). The van der Waals surface area contributed by atoms with Crippen molar-refractivity contribution in [2.75, 3.05) is 27.2 Å². The van der Waals surface area contributed by atoms with E-state index in [1.54, 1.807) is 6.07 Å². The summed E-state index contributed by atoms with van der Waals surface area (Å²) in [6.07, 6.45) is 0. The van der Waals surface area contributed by atoms with Gasteiger partial charge in [0.25, 0.3) is 0 Å². The third-order valence-electron chi connectivity index (χ3n) is 2.93. The van der Waals surface area contributed by atoms with E-state index in [9.17, 15) is 14.3 Å². The molecule has 1 atom stereocenters. The first-order valence-corrected chi connectivity index (χ1v) is 6.65. The van der Waals surface area contributed by atoms with Crippen LogP contribution >= 0.6 is 15.9 Å². The third kappa shape index (κ3) is 3.99. The molecular weight excluding hydrogens is 315 g/mol. The van der Waals surface area contributed by atoms with E-state index in [4.69, 9.17) is 0 Å². The van der Waals surface area contributed by atoms with Gasteiger partial charge in [0.1, 0.15) is 11.4 Å². The van der Waals surface area contributed by atoms with Gasteiger partial charge in [0.05, 0.1) is 0 Å². The van der Waals surface area contributed by atoms with Crippen molar-refractivity contribution in [1.29, 1.82) is 0 Å². The number of halogens is 2. The molecule has 1 aromatic rings. The van der Waals surface area contributed by atoms with Crippen molar-refractivity contribution in [3.05, 3.63) is 34.1 Å². The molecule has 0 saturated carbocycles. The first-order valence-electron chi connectivity index (χ1n) is 5.86. The van der Waals surface area contributed by atoms with E-state index in [-0.39, 0.29) is 5.56 Å². The normalized spacial score (nSPS) is 14.4. The summed E-state index contributed by atoms with van der Waals surface area (Å²) >= 11 is 3.23. The van der Waals surface area contributed by atoms with Gasteiger partial charge >= 0.3 is 5.97 Å². The molecule has 1 unspecified atom stereocenters. The minimum atomic E-state index is -1.45. The van der Waals surface area contributed by atoms with Crippen molar-refractivity contribution in [2.24, 2.45) is 0 Å². The Morgan fingerprint density at radius 1 is 1.53 bits per heavy atom. The van der Waals surface area contributed by atoms with Crippen LogP contribution in [0.3, 0.4) is 0 Å². The molecule has 0 aromatic heterocycles. The minimum absolute atomic E-state index is 0.119. The molecule has 4 nitrogen and oxygen atoms in total. The smallest absolute Gasteiger partial charge is 0.328 e. The first kappa shape index (κ1) is 16.1. The fourth-order valence-corrected chi connectivity index (χ4v) is 2.06. The van der Waals surface area contributed by atoms with Crippen LogP contribution in [0.1, 0.15) is 12.5 Å². The summed E-state index contributed by atoms with van der Waals surface area (Å²) < 4.78 is 14.5. The summed E-state index contributed by atoms with van der Waals surface area (Å²) in [4.78, 5) is 13.4. The highest BCUT2D eigenvalue weighted by Crippen LogP contribution is 2.27. The monoisotopic (exact) mass is 332 g/mol. The molecule has 0 aliphatic heterocycles. The van der Waals surface area contributed by atoms with Gasteiger partial charge < -0.3 is 10.0 Å². The molecule has 0 aliphatic rings. The number of hydrogen-bond acceptors (Lipinski definition) is 3. The van der Waals surface area contributed by atoms with E-state index < -0.39 is 17.3 Å². The number of carboxylic acid groups (broad SMARTS) is 1. The second kappa shape index (κ2) is 6.45. The fourth-order valence-electron chi connectivity index (χ4n) is 1.70. The minimum Gasteiger partial charge on any atom is -0.480 e. The summed E-state index contributed by atoms with van der Waals surface area (Å²) in [6, 6.07) is 4.29. The maximum absolute atomic E-state index is 13.9. The van der Waals surface area contributed by atoms with Gasteiger partial charge in [0.2, 0.25) is 0 Å². The van der Waals surface area contributed by atoms with Gasteiger partial charge in [-0.25, -0.2) is 9.18 Å². The lowest BCUT2D eigenvalue weighted by Gasteiger charge is -2.28. The molecule has 0 saturated heterocycles. The molecule has 1 aromatic carbocycles. The SMILES string of the molecule is CN(C)CCNC(C)(C(=O)O)c1cc(Br)ccc1F. The van der Waals surface area contributed by atoms with Crippen LogP contribution in [0.25, 0.3) is 0 Å². The van der Waals surface area contributed by atoms with Crippen LogP contribution in [0.15, 0.2) is 22.7 Å². The van der Waals surface area contributed by atoms with Crippen LogP contribution in [0.5, 0.6) is 0 Å². The topological polar surface area (TPSA) is 52.6 Å². The number of nitrogens with one attached hydrogen (secondary N) is 1. The highest BCUT2D eigenvalue weighted by Gasteiger charge is 2.37. The highest BCUT2D eigenvalue weighted by atomic mass is 79.9. The molecular formula is C13H18BrFN2O2. The maximum atomic E-state index is 13.9. The van der Waals surface area contributed by atoms with E-state index >= 15 is 0 Å². The Morgan fingerprint density at radius 3 is 2.68 bits per heavy atom. The average molecular weight is 333 g/mol. The summed E-state index contributed by atoms with van der Waals surface area (Å²) in [6.45, 7) is 2.58. The van der Waals surface area contributed by atoms with Crippen molar-refractivity contribution >= 4 is 21.9 Å². The molecule has 2 N–H and O–H groups in total. The molecule has 106 valence electrons. The van der Waals surface area contributed by atoms with Crippen LogP contribution in [0.2, 0.25) is 0 Å². The number of aliphatic carboxylic acids is 1. The van der Waals surface area contributed by atoms with E-state index in [1.165, 1.54) is 19.1 Å². The van der Waals surface area contributed by atoms with Gasteiger partial charge in [0.15, 0.2) is 0 Å². The molecule has 0 radical (unpaired) electrons. The predicted molar refractivity (Wildman–Crippen MR) is 75.6 cm³/mol. The average Bonchev–Trinajstić information content (AvgIpc) is 2.31. The van der Waals surface area contributed by atoms with Crippen molar-refractivity contribution < 1.29 is 14.3 Å². The van der Waals surface area contributed by atoms with Gasteiger partial charge in [0, 0.05) is 23.1 Å². The van der Waals surface area contributed by atoms with Gasteiger partial charge in [-0.1, -0.05) is 15.9 Å². The van der Waals surface area contributed by atoms with Crippen molar-refractivity contribution in [3.63, 3.8) is 0 Å². The number of benzene rings is 1. The quantitative estimate of drug-likeness (QED) is 0.837. The second-order valence-corrected chi connectivity index (χ2v) is 5.70. The highest BCUT2D eigenvalue weighted by molar-refractivity contribution is 9.10. The van der Waals surface area contributed by atoms with Crippen molar-refractivity contribution in [3.8, 4) is 0 Å². The van der Waals surface area contributed by atoms with Gasteiger partial charge in [-0.2, -0.15) is 0 Å². The van der Waals surface area contributed by atoms with Gasteiger partial charge in [-0.3, -0.25) is 5.32 Å². The van der Waals surface area contributed by atoms with E-state index in [0.29, 0.717) is 17.6 Å². The Balaban J connectivity index is 3.04. The maximum Gasteiger partial charge on any atom is 0.328 e. The molecule has 0 bridgehead atoms. The number of rotatable bonds is 6. The summed E-state index contributed by atoms with van der Waals surface area (Å²) in [7, 11) is 3.78. The molecule has 0 amide bonds. The Hall–Kier alpha value is -0.980. The zero-order valence-corrected chi connectivity index (χ0v) is 12.8. The Morgan fingerprint density at radius 2 is 2.16 bits per heavy atom. The number of hydrogen-bond donors (Lipinski definition) is 2. The number of nitrogens with zero attached hydrogens (tertiary/aromatic N) is 1. The Bertz CT molecular complexity index is 468. The molecule has 19 heavy (non-hydrogen) atoms. The number of carboxylic acids is 1. The zero-order valence-electron chi connectivity index (χ0n) is 11.2. The Kier molecular flexibility index (Phi) is 5.46. The zero-order chi connectivity index (χ0) is 14.6. The van der Waals surface area contributed by atoms with E-state index in [1.807, 2.05) is 19.0 Å². The largest absolute Gasteiger partial charge is 0.480 e. The molecule has 0 aliphatic carbocycles. The lowest BCUT2D eigenvalue weighted by Crippen LogP contribution is -2.49.